The first kappa shape index (κ1) is 23.1. The first-order chi connectivity index (χ1) is 13.5. The predicted octanol–water partition coefficient (Wildman–Crippen LogP) is 3.14. The Hall–Kier alpha value is -2.23. The smallest absolute Gasteiger partial charge is 0.289 e. The van der Waals surface area contributed by atoms with E-state index in [1.165, 1.54) is 6.26 Å². The maximum Gasteiger partial charge on any atom is 0.289 e. The quantitative estimate of drug-likeness (QED) is 0.374. The van der Waals surface area contributed by atoms with Gasteiger partial charge in [0.1, 0.15) is 5.75 Å². The molecule has 2 aromatic rings. The molecule has 2 heterocycles. The molecule has 0 radical (unpaired) electrons. The summed E-state index contributed by atoms with van der Waals surface area (Å²) in [6.45, 7) is 9.83. The van der Waals surface area contributed by atoms with Crippen LogP contribution in [0.25, 0.3) is 0 Å². The van der Waals surface area contributed by atoms with Crippen molar-refractivity contribution in [3.8, 4) is 5.75 Å². The van der Waals surface area contributed by atoms with Crippen LogP contribution in [0, 0.1) is 13.8 Å². The number of amides is 1. The molecule has 1 amide bonds. The maximum absolute atomic E-state index is 12.4. The van der Waals surface area contributed by atoms with Crippen LogP contribution in [0.2, 0.25) is 0 Å². The van der Waals surface area contributed by atoms with E-state index in [9.17, 15) is 9.90 Å². The summed E-state index contributed by atoms with van der Waals surface area (Å²) in [7, 11) is 0. The van der Waals surface area contributed by atoms with E-state index >= 15 is 0 Å². The molecular weight excluding hydrogens is 483 g/mol. The second-order valence-corrected chi connectivity index (χ2v) is 7.00. The number of furan rings is 1. The second kappa shape index (κ2) is 10.5. The molecule has 1 saturated heterocycles. The Balaban J connectivity index is 0.00000300. The molecule has 3 rings (SSSR count). The van der Waals surface area contributed by atoms with E-state index in [1.807, 2.05) is 37.8 Å². The molecule has 1 aliphatic heterocycles. The average molecular weight is 512 g/mol. The van der Waals surface area contributed by atoms with E-state index in [0.29, 0.717) is 44.2 Å². The van der Waals surface area contributed by atoms with Crippen LogP contribution < -0.4 is 5.32 Å². The molecule has 1 fully saturated rings. The van der Waals surface area contributed by atoms with Gasteiger partial charge < -0.3 is 24.6 Å². The van der Waals surface area contributed by atoms with E-state index in [0.717, 1.165) is 29.2 Å². The zero-order chi connectivity index (χ0) is 20.1. The van der Waals surface area contributed by atoms with Crippen molar-refractivity contribution in [2.24, 2.45) is 4.99 Å². The number of phenols is 1. The monoisotopic (exact) mass is 512 g/mol. The number of aliphatic imine (C=N–C) groups is 1. The third-order valence-corrected chi connectivity index (χ3v) is 4.90. The van der Waals surface area contributed by atoms with Gasteiger partial charge in [-0.2, -0.15) is 0 Å². The molecule has 0 atom stereocenters. The number of benzene rings is 1. The minimum Gasteiger partial charge on any atom is -0.507 e. The van der Waals surface area contributed by atoms with Gasteiger partial charge in [0, 0.05) is 32.7 Å². The Morgan fingerprint density at radius 2 is 1.79 bits per heavy atom. The Bertz CT molecular complexity index is 821. The van der Waals surface area contributed by atoms with Crippen LogP contribution in [0.4, 0.5) is 0 Å². The summed E-state index contributed by atoms with van der Waals surface area (Å²) in [4.78, 5) is 21.2. The van der Waals surface area contributed by atoms with Crippen molar-refractivity contribution in [2.45, 2.75) is 27.3 Å². The van der Waals surface area contributed by atoms with E-state index < -0.39 is 0 Å². The van der Waals surface area contributed by atoms with Gasteiger partial charge >= 0.3 is 0 Å². The van der Waals surface area contributed by atoms with Gasteiger partial charge in [-0.25, -0.2) is 4.99 Å². The van der Waals surface area contributed by atoms with Crippen molar-refractivity contribution in [1.29, 1.82) is 0 Å². The number of hydrogen-bond donors (Lipinski definition) is 2. The molecule has 0 aliphatic carbocycles. The van der Waals surface area contributed by atoms with Crippen LogP contribution >= 0.6 is 24.0 Å². The molecule has 8 heteroatoms. The van der Waals surface area contributed by atoms with Crippen LogP contribution in [-0.4, -0.2) is 59.5 Å². The van der Waals surface area contributed by atoms with Crippen LogP contribution in [0.3, 0.4) is 0 Å². The number of piperazine rings is 1. The highest BCUT2D eigenvalue weighted by atomic mass is 127. The summed E-state index contributed by atoms with van der Waals surface area (Å²) in [5, 5.41) is 13.3. The number of guanidine groups is 1. The Labute approximate surface area is 188 Å². The lowest BCUT2D eigenvalue weighted by atomic mass is 10.1. The van der Waals surface area contributed by atoms with Crippen LogP contribution in [0.15, 0.2) is 39.9 Å². The van der Waals surface area contributed by atoms with E-state index in [4.69, 9.17) is 9.41 Å². The van der Waals surface area contributed by atoms with Crippen LogP contribution in [0.1, 0.15) is 34.2 Å². The SMILES string of the molecule is CCNC(=NCc1cc(C)c(O)c(C)c1)N1CCN(C(=O)c2ccco2)CC1.I. The molecule has 0 spiro atoms. The lowest BCUT2D eigenvalue weighted by molar-refractivity contribution is 0.0657. The molecule has 1 aromatic heterocycles. The molecule has 29 heavy (non-hydrogen) atoms. The molecule has 158 valence electrons. The van der Waals surface area contributed by atoms with Crippen molar-refractivity contribution in [2.75, 3.05) is 32.7 Å². The third-order valence-electron chi connectivity index (χ3n) is 4.90. The van der Waals surface area contributed by atoms with E-state index in [-0.39, 0.29) is 29.9 Å². The summed E-state index contributed by atoms with van der Waals surface area (Å²) in [6.07, 6.45) is 1.52. The number of nitrogens with zero attached hydrogens (tertiary/aromatic N) is 3. The molecule has 0 bridgehead atoms. The maximum atomic E-state index is 12.4. The van der Waals surface area contributed by atoms with Gasteiger partial charge in [0.05, 0.1) is 12.8 Å². The molecular formula is C21H29IN4O3. The fraction of sp³-hybridized carbons (Fsp3) is 0.429. The number of aromatic hydroxyl groups is 1. The fourth-order valence-corrected chi connectivity index (χ4v) is 3.41. The average Bonchev–Trinajstić information content (AvgIpc) is 3.23. The zero-order valence-electron chi connectivity index (χ0n) is 17.1. The van der Waals surface area contributed by atoms with Gasteiger partial charge in [-0.1, -0.05) is 12.1 Å². The largest absolute Gasteiger partial charge is 0.507 e. The minimum absolute atomic E-state index is 0. The molecule has 1 aromatic carbocycles. The first-order valence-corrected chi connectivity index (χ1v) is 9.64. The van der Waals surface area contributed by atoms with Crippen molar-refractivity contribution in [1.82, 2.24) is 15.1 Å². The number of carbonyl (C=O) groups is 1. The number of nitrogens with one attached hydrogen (secondary N) is 1. The van der Waals surface area contributed by atoms with Gasteiger partial charge in [-0.3, -0.25) is 4.79 Å². The minimum atomic E-state index is -0.0679. The predicted molar refractivity (Wildman–Crippen MR) is 124 cm³/mol. The van der Waals surface area contributed by atoms with Gasteiger partial charge in [-0.05, 0) is 49.6 Å². The van der Waals surface area contributed by atoms with E-state index in [2.05, 4.69) is 10.2 Å². The Morgan fingerprint density at radius 3 is 2.34 bits per heavy atom. The van der Waals surface area contributed by atoms with Crippen molar-refractivity contribution >= 4 is 35.8 Å². The van der Waals surface area contributed by atoms with Crippen molar-refractivity contribution in [3.05, 3.63) is 53.0 Å². The highest BCUT2D eigenvalue weighted by molar-refractivity contribution is 14.0. The van der Waals surface area contributed by atoms with Crippen molar-refractivity contribution < 1.29 is 14.3 Å². The number of halogens is 1. The lowest BCUT2D eigenvalue weighted by Crippen LogP contribution is -2.53. The number of aryl methyl sites for hydroxylation is 2. The molecule has 2 N–H and O–H groups in total. The summed E-state index contributed by atoms with van der Waals surface area (Å²) in [5.41, 5.74) is 2.79. The lowest BCUT2D eigenvalue weighted by Gasteiger charge is -2.36. The zero-order valence-corrected chi connectivity index (χ0v) is 19.5. The summed E-state index contributed by atoms with van der Waals surface area (Å²) < 4.78 is 5.22. The number of hydrogen-bond acceptors (Lipinski definition) is 4. The van der Waals surface area contributed by atoms with E-state index in [1.54, 1.807) is 12.1 Å². The van der Waals surface area contributed by atoms with Crippen LogP contribution in [-0.2, 0) is 6.54 Å². The molecule has 0 saturated carbocycles. The standard InChI is InChI=1S/C21H28N4O3.HI/c1-4-22-21(23-14-17-12-15(2)19(26)16(3)13-17)25-9-7-24(8-10-25)20(27)18-6-5-11-28-18;/h5-6,11-13,26H,4,7-10,14H2,1-3H3,(H,22,23);1H. The summed E-state index contributed by atoms with van der Waals surface area (Å²) in [6, 6.07) is 7.36. The first-order valence-electron chi connectivity index (χ1n) is 9.64. The summed E-state index contributed by atoms with van der Waals surface area (Å²) >= 11 is 0. The molecule has 7 nitrogen and oxygen atoms in total. The summed E-state index contributed by atoms with van der Waals surface area (Å²) in [5.74, 6) is 1.50. The number of carbonyl (C=O) groups excluding carboxylic acids is 1. The highest BCUT2D eigenvalue weighted by Crippen LogP contribution is 2.23. The highest BCUT2D eigenvalue weighted by Gasteiger charge is 2.25. The second-order valence-electron chi connectivity index (χ2n) is 7.00. The number of rotatable bonds is 4. The van der Waals surface area contributed by atoms with Gasteiger partial charge in [0.15, 0.2) is 11.7 Å². The van der Waals surface area contributed by atoms with Crippen LogP contribution in [0.5, 0.6) is 5.75 Å². The number of phenolic OH excluding ortho intramolecular Hbond substituents is 1. The van der Waals surface area contributed by atoms with Crippen molar-refractivity contribution in [3.63, 3.8) is 0 Å². The van der Waals surface area contributed by atoms with Gasteiger partial charge in [-0.15, -0.1) is 24.0 Å². The normalized spacial score (nSPS) is 14.5. The Kier molecular flexibility index (Phi) is 8.36. The third kappa shape index (κ3) is 5.65. The van der Waals surface area contributed by atoms with Gasteiger partial charge in [0.2, 0.25) is 0 Å². The Morgan fingerprint density at radius 1 is 1.17 bits per heavy atom. The van der Waals surface area contributed by atoms with Gasteiger partial charge in [0.25, 0.3) is 5.91 Å². The molecule has 0 unspecified atom stereocenters. The fourth-order valence-electron chi connectivity index (χ4n) is 3.41. The molecule has 1 aliphatic rings. The topological polar surface area (TPSA) is 81.3 Å².